The number of halogens is 3. The van der Waals surface area contributed by atoms with E-state index in [2.05, 4.69) is 10.4 Å². The number of rotatable bonds is 3. The Morgan fingerprint density at radius 1 is 1.22 bits per heavy atom. The fraction of sp³-hybridized carbons (Fsp3) is 0.182. The Hall–Kier alpha value is -4.13. The molecular weight excluding hydrogens is 423 g/mol. The first-order valence-electron chi connectivity index (χ1n) is 9.57. The van der Waals surface area contributed by atoms with E-state index in [4.69, 9.17) is 5.26 Å². The van der Waals surface area contributed by atoms with Gasteiger partial charge in [-0.1, -0.05) is 6.07 Å². The number of carbonyl (C=O) groups is 2. The van der Waals surface area contributed by atoms with E-state index in [0.29, 0.717) is 17.8 Å². The molecule has 7 nitrogen and oxygen atoms in total. The highest BCUT2D eigenvalue weighted by molar-refractivity contribution is 6.13. The summed E-state index contributed by atoms with van der Waals surface area (Å²) in [5.74, 6) is -1.02. The van der Waals surface area contributed by atoms with Gasteiger partial charge < -0.3 is 10.2 Å². The summed E-state index contributed by atoms with van der Waals surface area (Å²) in [5, 5.41) is 15.8. The SMILES string of the molecule is CC1Cn2ncc(NC(=O)c3cccc(C#N)c3)c2C(=O)N1c1ccc(C(F)(F)F)cc1. The highest BCUT2D eigenvalue weighted by Gasteiger charge is 2.36. The zero-order chi connectivity index (χ0) is 23.0. The molecule has 1 unspecified atom stereocenters. The Kier molecular flexibility index (Phi) is 5.18. The number of amides is 2. The summed E-state index contributed by atoms with van der Waals surface area (Å²) in [4.78, 5) is 27.3. The number of alkyl halides is 3. The van der Waals surface area contributed by atoms with E-state index in [1.807, 2.05) is 6.07 Å². The first kappa shape index (κ1) is 21.1. The second kappa shape index (κ2) is 7.85. The van der Waals surface area contributed by atoms with Gasteiger partial charge in [-0.3, -0.25) is 14.3 Å². The van der Waals surface area contributed by atoms with Gasteiger partial charge in [0.25, 0.3) is 11.8 Å². The van der Waals surface area contributed by atoms with Crippen molar-refractivity contribution in [1.29, 1.82) is 5.26 Å². The van der Waals surface area contributed by atoms with Crippen molar-refractivity contribution >= 4 is 23.2 Å². The Labute approximate surface area is 180 Å². The maximum absolute atomic E-state index is 13.3. The van der Waals surface area contributed by atoms with Crippen molar-refractivity contribution in [2.45, 2.75) is 25.7 Å². The third-order valence-corrected chi connectivity index (χ3v) is 5.11. The number of fused-ring (bicyclic) bond motifs is 1. The molecule has 0 saturated carbocycles. The molecule has 32 heavy (non-hydrogen) atoms. The number of nitrogens with zero attached hydrogens (tertiary/aromatic N) is 4. The molecule has 162 valence electrons. The fourth-order valence-corrected chi connectivity index (χ4v) is 3.59. The molecule has 2 amide bonds. The Morgan fingerprint density at radius 3 is 2.59 bits per heavy atom. The summed E-state index contributed by atoms with van der Waals surface area (Å²) in [6.07, 6.45) is -3.13. The van der Waals surface area contributed by atoms with Crippen LogP contribution in [0.1, 0.15) is 38.9 Å². The van der Waals surface area contributed by atoms with Crippen molar-refractivity contribution in [3.8, 4) is 6.07 Å². The normalized spacial score (nSPS) is 15.8. The minimum atomic E-state index is -4.48. The molecule has 0 saturated heterocycles. The van der Waals surface area contributed by atoms with Gasteiger partial charge in [0, 0.05) is 11.3 Å². The standard InChI is InChI=1S/C22H16F3N5O2/c1-13-12-29-19(21(32)30(13)17-7-5-16(6-8-17)22(23,24)25)18(11-27-29)28-20(31)15-4-2-3-14(9-15)10-26/h2-9,11,13H,12H2,1H3,(H,28,31). The highest BCUT2D eigenvalue weighted by atomic mass is 19.4. The molecule has 0 aliphatic carbocycles. The average Bonchev–Trinajstić information content (AvgIpc) is 3.16. The van der Waals surface area contributed by atoms with Crippen LogP contribution in [0, 0.1) is 11.3 Å². The minimum Gasteiger partial charge on any atom is -0.319 e. The van der Waals surface area contributed by atoms with Gasteiger partial charge >= 0.3 is 6.18 Å². The lowest BCUT2D eigenvalue weighted by Crippen LogP contribution is -2.47. The summed E-state index contributed by atoms with van der Waals surface area (Å²) in [5.41, 5.74) is 0.338. The van der Waals surface area contributed by atoms with Gasteiger partial charge in [-0.15, -0.1) is 0 Å². The zero-order valence-electron chi connectivity index (χ0n) is 16.7. The molecule has 0 spiro atoms. The number of nitrogens with one attached hydrogen (secondary N) is 1. The molecule has 1 aromatic heterocycles. The molecule has 2 heterocycles. The van der Waals surface area contributed by atoms with Gasteiger partial charge in [-0.25, -0.2) is 0 Å². The van der Waals surface area contributed by atoms with E-state index < -0.39 is 23.6 Å². The molecule has 3 aromatic rings. The van der Waals surface area contributed by atoms with Crippen LogP contribution in [0.25, 0.3) is 0 Å². The average molecular weight is 439 g/mol. The molecule has 1 atom stereocenters. The lowest BCUT2D eigenvalue weighted by atomic mass is 10.1. The number of nitriles is 1. The molecule has 2 aromatic carbocycles. The van der Waals surface area contributed by atoms with Crippen LogP contribution >= 0.6 is 0 Å². The third-order valence-electron chi connectivity index (χ3n) is 5.11. The van der Waals surface area contributed by atoms with Crippen molar-refractivity contribution < 1.29 is 22.8 Å². The minimum absolute atomic E-state index is 0.118. The number of benzene rings is 2. The zero-order valence-corrected chi connectivity index (χ0v) is 16.7. The van der Waals surface area contributed by atoms with Gasteiger partial charge in [-0.05, 0) is 49.4 Å². The van der Waals surface area contributed by atoms with Crippen molar-refractivity contribution in [2.24, 2.45) is 0 Å². The summed E-state index contributed by atoms with van der Waals surface area (Å²) in [7, 11) is 0. The maximum atomic E-state index is 13.3. The van der Waals surface area contributed by atoms with E-state index >= 15 is 0 Å². The first-order chi connectivity index (χ1) is 15.2. The Morgan fingerprint density at radius 2 is 1.94 bits per heavy atom. The van der Waals surface area contributed by atoms with Crippen LogP contribution < -0.4 is 10.2 Å². The number of hydrogen-bond donors (Lipinski definition) is 1. The summed E-state index contributed by atoms with van der Waals surface area (Å²) < 4.78 is 40.1. The van der Waals surface area contributed by atoms with E-state index in [1.54, 1.807) is 19.1 Å². The maximum Gasteiger partial charge on any atom is 0.416 e. The fourth-order valence-electron chi connectivity index (χ4n) is 3.59. The van der Waals surface area contributed by atoms with Gasteiger partial charge in [0.1, 0.15) is 5.69 Å². The summed E-state index contributed by atoms with van der Waals surface area (Å²) >= 11 is 0. The predicted molar refractivity (Wildman–Crippen MR) is 109 cm³/mol. The van der Waals surface area contributed by atoms with Crippen LogP contribution in [0.3, 0.4) is 0 Å². The van der Waals surface area contributed by atoms with Crippen molar-refractivity contribution in [3.05, 3.63) is 77.1 Å². The van der Waals surface area contributed by atoms with Crippen LogP contribution in [0.5, 0.6) is 0 Å². The van der Waals surface area contributed by atoms with Gasteiger partial charge in [0.15, 0.2) is 0 Å². The highest BCUT2D eigenvalue weighted by Crippen LogP contribution is 2.33. The van der Waals surface area contributed by atoms with Gasteiger partial charge in [0.05, 0.1) is 41.7 Å². The Bertz CT molecular complexity index is 1240. The van der Waals surface area contributed by atoms with E-state index in [9.17, 15) is 22.8 Å². The van der Waals surface area contributed by atoms with E-state index in [-0.39, 0.29) is 23.0 Å². The van der Waals surface area contributed by atoms with Gasteiger partial charge in [0.2, 0.25) is 0 Å². The molecule has 0 bridgehead atoms. The van der Waals surface area contributed by atoms with Crippen molar-refractivity contribution in [1.82, 2.24) is 9.78 Å². The second-order valence-electron chi connectivity index (χ2n) is 7.30. The lowest BCUT2D eigenvalue weighted by Gasteiger charge is -2.34. The number of carbonyl (C=O) groups excluding carboxylic acids is 2. The molecule has 1 N–H and O–H groups in total. The largest absolute Gasteiger partial charge is 0.416 e. The molecule has 4 rings (SSSR count). The molecular formula is C22H16F3N5O2. The van der Waals surface area contributed by atoms with Crippen LogP contribution in [-0.2, 0) is 12.7 Å². The molecule has 1 aliphatic rings. The van der Waals surface area contributed by atoms with Gasteiger partial charge in [-0.2, -0.15) is 23.5 Å². The monoisotopic (exact) mass is 439 g/mol. The Balaban J connectivity index is 1.63. The topological polar surface area (TPSA) is 91.0 Å². The van der Waals surface area contributed by atoms with Crippen LogP contribution in [0.15, 0.2) is 54.7 Å². The summed E-state index contributed by atoms with van der Waals surface area (Å²) in [6, 6.07) is 12.0. The number of anilines is 2. The number of aromatic nitrogens is 2. The van der Waals surface area contributed by atoms with Crippen LogP contribution in [0.2, 0.25) is 0 Å². The molecule has 10 heteroatoms. The lowest BCUT2D eigenvalue weighted by molar-refractivity contribution is -0.137. The second-order valence-corrected chi connectivity index (χ2v) is 7.30. The third kappa shape index (κ3) is 3.80. The first-order valence-corrected chi connectivity index (χ1v) is 9.57. The molecule has 0 radical (unpaired) electrons. The number of hydrogen-bond acceptors (Lipinski definition) is 4. The van der Waals surface area contributed by atoms with Crippen LogP contribution in [-0.4, -0.2) is 27.6 Å². The quantitative estimate of drug-likeness (QED) is 0.666. The van der Waals surface area contributed by atoms with Crippen LogP contribution in [0.4, 0.5) is 24.5 Å². The molecule has 0 fully saturated rings. The van der Waals surface area contributed by atoms with E-state index in [0.717, 1.165) is 12.1 Å². The predicted octanol–water partition coefficient (Wildman–Crippen LogP) is 4.07. The molecule has 1 aliphatic heterocycles. The van der Waals surface area contributed by atoms with Crippen molar-refractivity contribution in [2.75, 3.05) is 10.2 Å². The van der Waals surface area contributed by atoms with E-state index in [1.165, 1.54) is 40.0 Å². The smallest absolute Gasteiger partial charge is 0.319 e. The van der Waals surface area contributed by atoms with Crippen molar-refractivity contribution in [3.63, 3.8) is 0 Å². The summed E-state index contributed by atoms with van der Waals surface area (Å²) in [6.45, 7) is 2.05.